The molecule has 0 fully saturated rings. The van der Waals surface area contributed by atoms with Crippen LogP contribution in [-0.2, 0) is 13.0 Å². The van der Waals surface area contributed by atoms with E-state index in [0.717, 1.165) is 24.3 Å². The highest BCUT2D eigenvalue weighted by molar-refractivity contribution is 7.16. The minimum Gasteiger partial charge on any atom is -0.487 e. The summed E-state index contributed by atoms with van der Waals surface area (Å²) >= 11 is 1.44. The van der Waals surface area contributed by atoms with Crippen LogP contribution < -0.4 is 15.6 Å². The second-order valence-corrected chi connectivity index (χ2v) is 8.05. The summed E-state index contributed by atoms with van der Waals surface area (Å²) in [4.78, 5) is 29.6. The lowest BCUT2D eigenvalue weighted by Crippen LogP contribution is -2.16. The van der Waals surface area contributed by atoms with Gasteiger partial charge in [-0.15, -0.1) is 0 Å². The van der Waals surface area contributed by atoms with Crippen LogP contribution in [-0.4, -0.2) is 20.5 Å². The van der Waals surface area contributed by atoms with Crippen molar-refractivity contribution in [3.63, 3.8) is 0 Å². The summed E-state index contributed by atoms with van der Waals surface area (Å²) < 4.78 is 7.12. The molecule has 0 radical (unpaired) electrons. The minimum atomic E-state index is -0.207. The Bertz CT molecular complexity index is 1230. The molecule has 1 amide bonds. The second-order valence-electron chi connectivity index (χ2n) is 7.01. The van der Waals surface area contributed by atoms with E-state index >= 15 is 0 Å². The number of aryl methyl sites for hydroxylation is 1. The van der Waals surface area contributed by atoms with Gasteiger partial charge in [-0.3, -0.25) is 9.59 Å². The lowest BCUT2D eigenvalue weighted by molar-refractivity contribution is 0.102. The number of benzene rings is 2. The predicted molar refractivity (Wildman–Crippen MR) is 121 cm³/mol. The van der Waals surface area contributed by atoms with Crippen molar-refractivity contribution in [1.82, 2.24) is 14.6 Å². The number of hydrogen-bond acceptors (Lipinski definition) is 6. The number of aromatic nitrogens is 3. The molecule has 4 aromatic rings. The maximum Gasteiger partial charge on any atom is 0.275 e. The van der Waals surface area contributed by atoms with Gasteiger partial charge < -0.3 is 10.1 Å². The van der Waals surface area contributed by atoms with Gasteiger partial charge in [-0.05, 0) is 42.8 Å². The van der Waals surface area contributed by atoms with Crippen LogP contribution in [0.15, 0.2) is 65.5 Å². The number of hydrogen-bond donors (Lipinski definition) is 1. The molecule has 31 heavy (non-hydrogen) atoms. The molecule has 2 aromatic carbocycles. The van der Waals surface area contributed by atoms with Crippen molar-refractivity contribution in [3.05, 3.63) is 87.3 Å². The lowest BCUT2D eigenvalue weighted by Gasteiger charge is -2.08. The van der Waals surface area contributed by atoms with E-state index in [1.165, 1.54) is 21.9 Å². The van der Waals surface area contributed by atoms with Crippen molar-refractivity contribution in [3.8, 4) is 5.75 Å². The topological polar surface area (TPSA) is 85.6 Å². The van der Waals surface area contributed by atoms with Crippen LogP contribution in [0.5, 0.6) is 5.75 Å². The van der Waals surface area contributed by atoms with Crippen LogP contribution in [0.2, 0.25) is 0 Å². The summed E-state index contributed by atoms with van der Waals surface area (Å²) in [6.07, 6.45) is 2.96. The number of unbranched alkanes of at least 4 members (excludes halogenated alkanes) is 1. The Kier molecular flexibility index (Phi) is 6.37. The number of ether oxygens (including phenoxy) is 1. The predicted octanol–water partition coefficient (Wildman–Crippen LogP) is 4.32. The number of carbonyl (C=O) groups is 1. The van der Waals surface area contributed by atoms with E-state index in [2.05, 4.69) is 22.3 Å². The first-order valence-corrected chi connectivity index (χ1v) is 10.9. The average molecular weight is 435 g/mol. The molecule has 0 aliphatic rings. The summed E-state index contributed by atoms with van der Waals surface area (Å²) in [5, 5.41) is 8.11. The summed E-state index contributed by atoms with van der Waals surface area (Å²) in [5.74, 6) is 0.447. The Morgan fingerprint density at radius 3 is 2.65 bits per heavy atom. The largest absolute Gasteiger partial charge is 0.487 e. The number of fused-ring (bicyclic) bond motifs is 1. The van der Waals surface area contributed by atoms with Gasteiger partial charge in [0.2, 0.25) is 4.96 Å². The molecule has 0 atom stereocenters. The Labute approximate surface area is 183 Å². The molecule has 0 spiro atoms. The Hall–Kier alpha value is -3.52. The Balaban J connectivity index is 1.39. The molecule has 2 heterocycles. The second kappa shape index (κ2) is 9.53. The zero-order chi connectivity index (χ0) is 21.6. The van der Waals surface area contributed by atoms with Gasteiger partial charge in [0.15, 0.2) is 0 Å². The molecule has 2 aromatic heterocycles. The molecular formula is C23H22N4O3S. The Morgan fingerprint density at radius 2 is 1.90 bits per heavy atom. The summed E-state index contributed by atoms with van der Waals surface area (Å²) in [6, 6.07) is 17.5. The molecule has 0 saturated carbocycles. The lowest BCUT2D eigenvalue weighted by atomic mass is 10.2. The average Bonchev–Trinajstić information content (AvgIpc) is 3.21. The van der Waals surface area contributed by atoms with Crippen LogP contribution in [0, 0.1) is 0 Å². The van der Waals surface area contributed by atoms with Gasteiger partial charge in [-0.1, -0.05) is 42.9 Å². The van der Waals surface area contributed by atoms with Crippen LogP contribution >= 0.6 is 11.3 Å². The fourth-order valence-electron chi connectivity index (χ4n) is 2.98. The number of nitrogens with zero attached hydrogens (tertiary/aromatic N) is 3. The van der Waals surface area contributed by atoms with Crippen LogP contribution in [0.3, 0.4) is 0 Å². The van der Waals surface area contributed by atoms with Gasteiger partial charge in [-0.25, -0.2) is 4.98 Å². The Morgan fingerprint density at radius 1 is 1.13 bits per heavy atom. The van der Waals surface area contributed by atoms with Crippen molar-refractivity contribution in [2.24, 2.45) is 0 Å². The van der Waals surface area contributed by atoms with Gasteiger partial charge in [0.1, 0.15) is 17.4 Å². The summed E-state index contributed by atoms with van der Waals surface area (Å²) in [5.41, 5.74) is 1.61. The molecule has 1 N–H and O–H groups in total. The van der Waals surface area contributed by atoms with E-state index in [1.807, 2.05) is 18.2 Å². The normalized spacial score (nSPS) is 10.9. The van der Waals surface area contributed by atoms with E-state index in [-0.39, 0.29) is 18.1 Å². The zero-order valence-electron chi connectivity index (χ0n) is 17.1. The highest BCUT2D eigenvalue weighted by atomic mass is 32.1. The van der Waals surface area contributed by atoms with Gasteiger partial charge in [0.05, 0.1) is 5.69 Å². The number of rotatable bonds is 8. The summed E-state index contributed by atoms with van der Waals surface area (Å²) in [7, 11) is 0. The monoisotopic (exact) mass is 434 g/mol. The van der Waals surface area contributed by atoms with Crippen molar-refractivity contribution in [2.75, 3.05) is 5.32 Å². The van der Waals surface area contributed by atoms with Gasteiger partial charge >= 0.3 is 0 Å². The number of nitrogens with one attached hydrogen (secondary N) is 1. The van der Waals surface area contributed by atoms with Crippen molar-refractivity contribution >= 4 is 27.9 Å². The first-order valence-electron chi connectivity index (χ1n) is 10.1. The van der Waals surface area contributed by atoms with Crippen molar-refractivity contribution < 1.29 is 9.53 Å². The smallest absolute Gasteiger partial charge is 0.275 e. The molecule has 0 saturated heterocycles. The van der Waals surface area contributed by atoms with E-state index in [1.54, 1.807) is 36.4 Å². The number of anilines is 1. The standard InChI is InChI=1S/C23H22N4O3S/c1-2-3-9-20-26-27-21(28)14-18(25-23(27)31-20)15-30-19-12-10-17(11-13-19)24-22(29)16-7-5-4-6-8-16/h4-8,10-14H,2-3,9,15H2,1H3,(H,24,29). The molecular weight excluding hydrogens is 412 g/mol. The molecule has 7 nitrogen and oxygen atoms in total. The third-order valence-electron chi connectivity index (χ3n) is 4.62. The molecule has 158 valence electrons. The third kappa shape index (κ3) is 5.16. The van der Waals surface area contributed by atoms with E-state index in [9.17, 15) is 9.59 Å². The maximum absolute atomic E-state index is 12.3. The molecule has 0 unspecified atom stereocenters. The minimum absolute atomic E-state index is 0.170. The molecule has 0 aliphatic heterocycles. The van der Waals surface area contributed by atoms with Gasteiger partial charge in [0.25, 0.3) is 11.5 Å². The fourth-order valence-corrected chi connectivity index (χ4v) is 3.94. The van der Waals surface area contributed by atoms with Gasteiger partial charge in [-0.2, -0.15) is 9.61 Å². The first kappa shape index (κ1) is 20.7. The van der Waals surface area contributed by atoms with E-state index in [4.69, 9.17) is 4.74 Å². The summed E-state index contributed by atoms with van der Waals surface area (Å²) in [6.45, 7) is 2.29. The van der Waals surface area contributed by atoms with E-state index in [0.29, 0.717) is 27.7 Å². The SMILES string of the molecule is CCCCc1nn2c(=O)cc(COc3ccc(NC(=O)c4ccccc4)cc3)nc2s1. The third-order valence-corrected chi connectivity index (χ3v) is 5.59. The zero-order valence-corrected chi connectivity index (χ0v) is 17.9. The fraction of sp³-hybridized carbons (Fsp3) is 0.217. The molecule has 0 bridgehead atoms. The van der Waals surface area contributed by atoms with Crippen LogP contribution in [0.4, 0.5) is 5.69 Å². The van der Waals surface area contributed by atoms with Crippen molar-refractivity contribution in [1.29, 1.82) is 0 Å². The van der Waals surface area contributed by atoms with Crippen LogP contribution in [0.25, 0.3) is 4.96 Å². The number of amides is 1. The maximum atomic E-state index is 12.3. The first-order chi connectivity index (χ1) is 15.1. The highest BCUT2D eigenvalue weighted by Gasteiger charge is 2.10. The number of carbonyl (C=O) groups excluding carboxylic acids is 1. The van der Waals surface area contributed by atoms with Crippen LogP contribution in [0.1, 0.15) is 40.8 Å². The van der Waals surface area contributed by atoms with Gasteiger partial charge in [0, 0.05) is 23.7 Å². The molecule has 8 heteroatoms. The van der Waals surface area contributed by atoms with E-state index < -0.39 is 0 Å². The van der Waals surface area contributed by atoms with Crippen molar-refractivity contribution in [2.45, 2.75) is 32.8 Å². The quantitative estimate of drug-likeness (QED) is 0.446. The molecule has 4 rings (SSSR count). The molecule has 0 aliphatic carbocycles. The highest BCUT2D eigenvalue weighted by Crippen LogP contribution is 2.18.